The first-order chi connectivity index (χ1) is 24.5. The van der Waals surface area contributed by atoms with Gasteiger partial charge in [-0.2, -0.15) is 0 Å². The van der Waals surface area contributed by atoms with Crippen LogP contribution in [-0.2, 0) is 5.41 Å². The van der Waals surface area contributed by atoms with E-state index in [-0.39, 0.29) is 5.41 Å². The second kappa shape index (κ2) is 10.8. The van der Waals surface area contributed by atoms with E-state index < -0.39 is 0 Å². The first kappa shape index (κ1) is 28.7. The van der Waals surface area contributed by atoms with Crippen LogP contribution in [0.2, 0.25) is 0 Å². The Bertz CT molecular complexity index is 2770. The molecule has 3 nitrogen and oxygen atoms in total. The fourth-order valence-electron chi connectivity index (χ4n) is 7.90. The summed E-state index contributed by atoms with van der Waals surface area (Å²) in [4.78, 5) is 10.4. The number of benzene rings is 6. The Hall–Kier alpha value is -6.32. The van der Waals surface area contributed by atoms with E-state index in [9.17, 15) is 0 Å². The molecule has 0 saturated carbocycles. The van der Waals surface area contributed by atoms with Gasteiger partial charge in [-0.25, -0.2) is 9.97 Å². The van der Waals surface area contributed by atoms with Gasteiger partial charge in [0.2, 0.25) is 0 Å². The average Bonchev–Trinajstić information content (AvgIpc) is 3.68. The molecule has 236 valence electrons. The number of para-hydroxylation sites is 2. The van der Waals surface area contributed by atoms with Crippen LogP contribution >= 0.6 is 0 Å². The molecular formula is C47H32N2O. The van der Waals surface area contributed by atoms with Crippen LogP contribution in [0.3, 0.4) is 0 Å². The van der Waals surface area contributed by atoms with E-state index in [1.54, 1.807) is 0 Å². The summed E-state index contributed by atoms with van der Waals surface area (Å²) in [6.45, 7) is 4.65. The Morgan fingerprint density at radius 2 is 1.10 bits per heavy atom. The quantitative estimate of drug-likeness (QED) is 0.192. The lowest BCUT2D eigenvalue weighted by atomic mass is 9.82. The molecule has 0 fully saturated rings. The highest BCUT2D eigenvalue weighted by Gasteiger charge is 2.35. The van der Waals surface area contributed by atoms with Crippen molar-refractivity contribution in [3.63, 3.8) is 0 Å². The van der Waals surface area contributed by atoms with Crippen molar-refractivity contribution in [3.05, 3.63) is 169 Å². The number of pyridine rings is 2. The minimum atomic E-state index is -0.0832. The van der Waals surface area contributed by atoms with Crippen molar-refractivity contribution in [2.24, 2.45) is 0 Å². The minimum absolute atomic E-state index is 0.0832. The predicted molar refractivity (Wildman–Crippen MR) is 206 cm³/mol. The van der Waals surface area contributed by atoms with Crippen LogP contribution in [0.5, 0.6) is 0 Å². The maximum absolute atomic E-state index is 6.44. The maximum atomic E-state index is 6.44. The summed E-state index contributed by atoms with van der Waals surface area (Å²) < 4.78 is 6.44. The molecule has 0 atom stereocenters. The van der Waals surface area contributed by atoms with Gasteiger partial charge >= 0.3 is 0 Å². The lowest BCUT2D eigenvalue weighted by Gasteiger charge is -2.22. The van der Waals surface area contributed by atoms with E-state index in [4.69, 9.17) is 14.4 Å². The highest BCUT2D eigenvalue weighted by molar-refractivity contribution is 6.19. The van der Waals surface area contributed by atoms with Gasteiger partial charge in [0.15, 0.2) is 0 Å². The van der Waals surface area contributed by atoms with Gasteiger partial charge in [0.1, 0.15) is 11.2 Å². The average molecular weight is 641 g/mol. The van der Waals surface area contributed by atoms with Gasteiger partial charge in [-0.15, -0.1) is 0 Å². The SMILES string of the molecule is CC1(C)c2ccccc2-c2ccc(-c3cc(-c4ccc(-c5nc6ccccc6c6oc7ccccc7c56)cc4)cc(-c4ccccc4)n3)cc21. The van der Waals surface area contributed by atoms with Gasteiger partial charge in [0, 0.05) is 32.9 Å². The summed E-state index contributed by atoms with van der Waals surface area (Å²) in [6, 6.07) is 55.8. The topological polar surface area (TPSA) is 38.9 Å². The third-order valence-electron chi connectivity index (χ3n) is 10.5. The van der Waals surface area contributed by atoms with E-state index in [0.717, 1.165) is 77.7 Å². The first-order valence-corrected chi connectivity index (χ1v) is 17.2. The zero-order valence-electron chi connectivity index (χ0n) is 27.8. The Morgan fingerprint density at radius 3 is 1.94 bits per heavy atom. The lowest BCUT2D eigenvalue weighted by Crippen LogP contribution is -2.14. The monoisotopic (exact) mass is 640 g/mol. The highest BCUT2D eigenvalue weighted by Crippen LogP contribution is 2.49. The number of furan rings is 1. The lowest BCUT2D eigenvalue weighted by molar-refractivity contribution is 0.660. The molecule has 3 heterocycles. The number of aromatic nitrogens is 2. The van der Waals surface area contributed by atoms with Gasteiger partial charge in [0.25, 0.3) is 0 Å². The minimum Gasteiger partial charge on any atom is -0.455 e. The molecule has 0 unspecified atom stereocenters. The van der Waals surface area contributed by atoms with Crippen LogP contribution in [0, 0.1) is 0 Å². The molecule has 0 bridgehead atoms. The fourth-order valence-corrected chi connectivity index (χ4v) is 7.90. The van der Waals surface area contributed by atoms with Crippen molar-refractivity contribution < 1.29 is 4.42 Å². The summed E-state index contributed by atoms with van der Waals surface area (Å²) in [7, 11) is 0. The molecule has 9 aromatic rings. The second-order valence-corrected chi connectivity index (χ2v) is 13.8. The highest BCUT2D eigenvalue weighted by atomic mass is 16.3. The second-order valence-electron chi connectivity index (χ2n) is 13.8. The molecule has 0 saturated heterocycles. The number of rotatable bonds is 4. The smallest absolute Gasteiger partial charge is 0.147 e. The molecular weight excluding hydrogens is 609 g/mol. The van der Waals surface area contributed by atoms with Crippen molar-refractivity contribution in [1.29, 1.82) is 0 Å². The molecule has 0 radical (unpaired) electrons. The maximum Gasteiger partial charge on any atom is 0.147 e. The van der Waals surface area contributed by atoms with E-state index in [1.165, 1.54) is 22.3 Å². The van der Waals surface area contributed by atoms with E-state index in [2.05, 4.69) is 141 Å². The molecule has 0 aliphatic heterocycles. The van der Waals surface area contributed by atoms with Crippen molar-refractivity contribution in [2.45, 2.75) is 19.3 Å². The zero-order chi connectivity index (χ0) is 33.4. The summed E-state index contributed by atoms with van der Waals surface area (Å²) in [6.07, 6.45) is 0. The summed E-state index contributed by atoms with van der Waals surface area (Å²) >= 11 is 0. The van der Waals surface area contributed by atoms with Crippen molar-refractivity contribution >= 4 is 32.8 Å². The van der Waals surface area contributed by atoms with E-state index in [0.29, 0.717) is 0 Å². The molecule has 3 heteroatoms. The summed E-state index contributed by atoms with van der Waals surface area (Å²) in [5.74, 6) is 0. The van der Waals surface area contributed by atoms with E-state index >= 15 is 0 Å². The van der Waals surface area contributed by atoms with Crippen LogP contribution in [0.4, 0.5) is 0 Å². The molecule has 1 aliphatic rings. The van der Waals surface area contributed by atoms with Crippen LogP contribution in [0.25, 0.3) is 88.9 Å². The zero-order valence-corrected chi connectivity index (χ0v) is 27.8. The van der Waals surface area contributed by atoms with Crippen molar-refractivity contribution in [1.82, 2.24) is 9.97 Å². The van der Waals surface area contributed by atoms with Crippen molar-refractivity contribution in [2.75, 3.05) is 0 Å². The molecule has 0 amide bonds. The number of nitrogens with zero attached hydrogens (tertiary/aromatic N) is 2. The van der Waals surface area contributed by atoms with Gasteiger partial charge in [-0.1, -0.05) is 135 Å². The standard InChI is InChI=1S/C47H32N2O/c1-47(2)38-17-9-6-14-34(38)35-25-24-32(26-39(35)47)42-28-33(27-41(48-42)30-12-4-3-5-13-30)29-20-22-31(23-21-29)45-44-37-16-8-11-19-43(37)50-46(44)36-15-7-10-18-40(36)49-45/h3-28H,1-2H3. The molecule has 10 rings (SSSR count). The third-order valence-corrected chi connectivity index (χ3v) is 10.5. The molecule has 6 aromatic carbocycles. The van der Waals surface area contributed by atoms with Gasteiger partial charge in [0.05, 0.1) is 28.0 Å². The molecule has 0 N–H and O–H groups in total. The summed E-state index contributed by atoms with van der Waals surface area (Å²) in [5, 5.41) is 3.15. The van der Waals surface area contributed by atoms with Crippen molar-refractivity contribution in [3.8, 4) is 56.0 Å². The van der Waals surface area contributed by atoms with E-state index in [1.807, 2.05) is 30.3 Å². The number of hydrogen-bond donors (Lipinski definition) is 0. The number of hydrogen-bond acceptors (Lipinski definition) is 3. The van der Waals surface area contributed by atoms with Crippen LogP contribution in [-0.4, -0.2) is 9.97 Å². The van der Waals surface area contributed by atoms with Gasteiger partial charge in [-0.3, -0.25) is 0 Å². The molecule has 3 aromatic heterocycles. The summed E-state index contributed by atoms with van der Waals surface area (Å²) in [5.41, 5.74) is 16.3. The van der Waals surface area contributed by atoms with Crippen LogP contribution < -0.4 is 0 Å². The Kier molecular flexibility index (Phi) is 6.22. The molecule has 50 heavy (non-hydrogen) atoms. The molecule has 1 aliphatic carbocycles. The Balaban J connectivity index is 1.11. The molecule has 0 spiro atoms. The first-order valence-electron chi connectivity index (χ1n) is 17.2. The Labute approximate surface area is 290 Å². The number of fused-ring (bicyclic) bond motifs is 8. The fraction of sp³-hybridized carbons (Fsp3) is 0.0638. The largest absolute Gasteiger partial charge is 0.455 e. The van der Waals surface area contributed by atoms with Crippen LogP contribution in [0.1, 0.15) is 25.0 Å². The predicted octanol–water partition coefficient (Wildman–Crippen LogP) is 12.5. The normalized spacial score (nSPS) is 13.2. The Morgan fingerprint density at radius 1 is 0.460 bits per heavy atom. The van der Waals surface area contributed by atoms with Gasteiger partial charge in [-0.05, 0) is 69.8 Å². The van der Waals surface area contributed by atoms with Gasteiger partial charge < -0.3 is 4.42 Å². The third kappa shape index (κ3) is 4.37. The van der Waals surface area contributed by atoms with Crippen LogP contribution in [0.15, 0.2) is 162 Å².